The molecule has 2 atom stereocenters. The maximum atomic E-state index is 11.3. The molecule has 0 aromatic carbocycles. The Hall–Kier alpha value is -1.43. The zero-order chi connectivity index (χ0) is 12.3. The van der Waals surface area contributed by atoms with Crippen LogP contribution in [0.5, 0.6) is 0 Å². The van der Waals surface area contributed by atoms with E-state index in [1.165, 1.54) is 7.11 Å². The van der Waals surface area contributed by atoms with Crippen LogP contribution in [-0.4, -0.2) is 48.9 Å². The number of piperazine rings is 1. The minimum atomic E-state index is -0.372. The highest BCUT2D eigenvalue weighted by atomic mass is 16.5. The van der Waals surface area contributed by atoms with Crippen molar-refractivity contribution in [2.24, 2.45) is 5.92 Å². The van der Waals surface area contributed by atoms with Crippen molar-refractivity contribution in [2.75, 3.05) is 20.2 Å². The number of hydrogen-bond donors (Lipinski definition) is 1. The maximum absolute atomic E-state index is 11.3. The third-order valence-electron chi connectivity index (χ3n) is 2.84. The van der Waals surface area contributed by atoms with Gasteiger partial charge in [-0.15, -0.1) is 0 Å². The van der Waals surface area contributed by atoms with E-state index in [2.05, 4.69) is 10.1 Å². The molecule has 1 heterocycles. The van der Waals surface area contributed by atoms with Crippen LogP contribution in [0.25, 0.3) is 0 Å². The Morgan fingerprint density at radius 1 is 1.31 bits per heavy atom. The molecule has 0 aliphatic carbocycles. The number of methoxy groups -OCH3 is 1. The summed E-state index contributed by atoms with van der Waals surface area (Å²) in [5.41, 5.74) is 0. The van der Waals surface area contributed by atoms with Crippen molar-refractivity contribution in [3.05, 3.63) is 0 Å². The van der Waals surface area contributed by atoms with E-state index in [0.717, 1.165) is 0 Å². The zero-order valence-corrected chi connectivity index (χ0v) is 9.65. The molecule has 0 bridgehead atoms. The van der Waals surface area contributed by atoms with Crippen LogP contribution in [-0.2, 0) is 19.1 Å². The molecule has 1 rings (SSSR count). The molecule has 0 spiro atoms. The average molecular weight is 228 g/mol. The van der Waals surface area contributed by atoms with E-state index >= 15 is 0 Å². The Morgan fingerprint density at radius 2 is 1.81 bits per heavy atom. The molecule has 1 aliphatic heterocycles. The lowest BCUT2D eigenvalue weighted by atomic mass is 10.0. The van der Waals surface area contributed by atoms with Crippen molar-refractivity contribution >= 4 is 17.8 Å². The Bertz CT molecular complexity index is 300. The average Bonchev–Trinajstić information content (AvgIpc) is 2.24. The largest absolute Gasteiger partial charge is 0.469 e. The second-order valence-corrected chi connectivity index (χ2v) is 3.93. The third-order valence-corrected chi connectivity index (χ3v) is 2.84. The summed E-state index contributed by atoms with van der Waals surface area (Å²) in [6.45, 7) is 3.78. The minimum Gasteiger partial charge on any atom is -0.469 e. The molecule has 2 unspecified atom stereocenters. The molecule has 0 aromatic heterocycles. The van der Waals surface area contributed by atoms with Gasteiger partial charge in [0.05, 0.1) is 26.1 Å². The lowest BCUT2D eigenvalue weighted by molar-refractivity contribution is -0.149. The van der Waals surface area contributed by atoms with E-state index in [1.807, 2.05) is 0 Å². The van der Waals surface area contributed by atoms with Crippen LogP contribution in [0.2, 0.25) is 0 Å². The van der Waals surface area contributed by atoms with Crippen LogP contribution in [0.4, 0.5) is 0 Å². The smallest absolute Gasteiger partial charge is 0.309 e. The standard InChI is InChI=1S/C10H16N2O4/c1-6(10(15)16-3)7(2)12-4-8(13)11-9(14)5-12/h6-7H,4-5H2,1-3H3,(H,11,13,14). The summed E-state index contributed by atoms with van der Waals surface area (Å²) >= 11 is 0. The second kappa shape index (κ2) is 5.07. The van der Waals surface area contributed by atoms with Gasteiger partial charge in [-0.25, -0.2) is 0 Å². The number of esters is 1. The van der Waals surface area contributed by atoms with Crippen molar-refractivity contribution in [2.45, 2.75) is 19.9 Å². The monoisotopic (exact) mass is 228 g/mol. The van der Waals surface area contributed by atoms with Crippen molar-refractivity contribution in [3.63, 3.8) is 0 Å². The van der Waals surface area contributed by atoms with Gasteiger partial charge in [-0.05, 0) is 6.92 Å². The van der Waals surface area contributed by atoms with E-state index in [4.69, 9.17) is 0 Å². The van der Waals surface area contributed by atoms with Crippen LogP contribution in [0.3, 0.4) is 0 Å². The molecule has 16 heavy (non-hydrogen) atoms. The van der Waals surface area contributed by atoms with E-state index < -0.39 is 0 Å². The number of carbonyl (C=O) groups is 3. The summed E-state index contributed by atoms with van der Waals surface area (Å²) in [7, 11) is 1.32. The second-order valence-electron chi connectivity index (χ2n) is 3.93. The van der Waals surface area contributed by atoms with Gasteiger partial charge in [-0.1, -0.05) is 6.92 Å². The summed E-state index contributed by atoms with van der Waals surface area (Å²) in [6, 6.07) is -0.206. The fourth-order valence-corrected chi connectivity index (χ4v) is 1.65. The van der Waals surface area contributed by atoms with E-state index in [-0.39, 0.29) is 42.8 Å². The topological polar surface area (TPSA) is 75.7 Å². The molecule has 2 amide bonds. The van der Waals surface area contributed by atoms with E-state index in [1.54, 1.807) is 18.7 Å². The molecule has 1 fully saturated rings. The Morgan fingerprint density at radius 3 is 2.25 bits per heavy atom. The minimum absolute atomic E-state index is 0.133. The number of nitrogens with zero attached hydrogens (tertiary/aromatic N) is 1. The molecule has 1 N–H and O–H groups in total. The predicted molar refractivity (Wildman–Crippen MR) is 55.4 cm³/mol. The van der Waals surface area contributed by atoms with Crippen molar-refractivity contribution in [1.29, 1.82) is 0 Å². The SMILES string of the molecule is COC(=O)C(C)C(C)N1CC(=O)NC(=O)C1. The number of carbonyl (C=O) groups excluding carboxylic acids is 3. The zero-order valence-electron chi connectivity index (χ0n) is 9.65. The predicted octanol–water partition coefficient (Wildman–Crippen LogP) is -0.858. The third kappa shape index (κ3) is 2.79. The number of ether oxygens (including phenoxy) is 1. The molecule has 1 saturated heterocycles. The number of amides is 2. The first-order valence-electron chi connectivity index (χ1n) is 5.10. The summed E-state index contributed by atoms with van der Waals surface area (Å²) in [5.74, 6) is -1.38. The lowest BCUT2D eigenvalue weighted by Gasteiger charge is -2.33. The quantitative estimate of drug-likeness (QED) is 0.502. The molecule has 90 valence electrons. The van der Waals surface area contributed by atoms with E-state index in [9.17, 15) is 14.4 Å². The van der Waals surface area contributed by atoms with Gasteiger partial charge < -0.3 is 4.74 Å². The number of rotatable bonds is 3. The van der Waals surface area contributed by atoms with Gasteiger partial charge in [0.25, 0.3) is 0 Å². The Balaban J connectivity index is 2.65. The van der Waals surface area contributed by atoms with Crippen LogP contribution in [0.15, 0.2) is 0 Å². The number of imide groups is 1. The van der Waals surface area contributed by atoms with Gasteiger partial charge in [-0.2, -0.15) is 0 Å². The Kier molecular flexibility index (Phi) is 4.00. The highest BCUT2D eigenvalue weighted by molar-refractivity contribution is 5.99. The van der Waals surface area contributed by atoms with Gasteiger partial charge >= 0.3 is 5.97 Å². The molecular weight excluding hydrogens is 212 g/mol. The fourth-order valence-electron chi connectivity index (χ4n) is 1.65. The first kappa shape index (κ1) is 12.6. The van der Waals surface area contributed by atoms with Gasteiger partial charge in [0.15, 0.2) is 0 Å². The molecular formula is C10H16N2O4. The normalized spacial score (nSPS) is 21.2. The first-order chi connectivity index (χ1) is 7.45. The van der Waals surface area contributed by atoms with Crippen molar-refractivity contribution < 1.29 is 19.1 Å². The fraction of sp³-hybridized carbons (Fsp3) is 0.700. The maximum Gasteiger partial charge on any atom is 0.309 e. The molecule has 6 heteroatoms. The summed E-state index contributed by atoms with van der Waals surface area (Å²) < 4.78 is 4.63. The lowest BCUT2D eigenvalue weighted by Crippen LogP contribution is -2.56. The number of hydrogen-bond acceptors (Lipinski definition) is 5. The highest BCUT2D eigenvalue weighted by Crippen LogP contribution is 2.13. The van der Waals surface area contributed by atoms with E-state index in [0.29, 0.717) is 0 Å². The molecule has 0 radical (unpaired) electrons. The van der Waals surface area contributed by atoms with Gasteiger partial charge in [0.1, 0.15) is 0 Å². The van der Waals surface area contributed by atoms with Crippen LogP contribution < -0.4 is 5.32 Å². The van der Waals surface area contributed by atoms with Crippen molar-refractivity contribution in [3.8, 4) is 0 Å². The summed E-state index contributed by atoms with van der Waals surface area (Å²) in [4.78, 5) is 35.3. The van der Waals surface area contributed by atoms with Gasteiger partial charge in [0, 0.05) is 6.04 Å². The molecule has 1 aliphatic rings. The van der Waals surface area contributed by atoms with Crippen LogP contribution in [0, 0.1) is 5.92 Å². The molecule has 6 nitrogen and oxygen atoms in total. The van der Waals surface area contributed by atoms with Crippen LogP contribution >= 0.6 is 0 Å². The van der Waals surface area contributed by atoms with Gasteiger partial charge in [-0.3, -0.25) is 24.6 Å². The first-order valence-corrected chi connectivity index (χ1v) is 5.10. The number of nitrogens with one attached hydrogen (secondary N) is 1. The highest BCUT2D eigenvalue weighted by Gasteiger charge is 2.31. The van der Waals surface area contributed by atoms with Crippen molar-refractivity contribution in [1.82, 2.24) is 10.2 Å². The molecule has 0 saturated carbocycles. The summed E-state index contributed by atoms with van der Waals surface area (Å²) in [6.07, 6.45) is 0. The summed E-state index contributed by atoms with van der Waals surface area (Å²) in [5, 5.41) is 2.21. The van der Waals surface area contributed by atoms with Gasteiger partial charge in [0.2, 0.25) is 11.8 Å². The molecule has 0 aromatic rings. The Labute approximate surface area is 93.9 Å². The van der Waals surface area contributed by atoms with Crippen LogP contribution in [0.1, 0.15) is 13.8 Å².